The van der Waals surface area contributed by atoms with Gasteiger partial charge >= 0.3 is 29.6 Å². The number of ether oxygens (including phenoxy) is 1. The number of aromatic nitrogens is 5. The van der Waals surface area contributed by atoms with Crippen molar-refractivity contribution in [1.82, 2.24) is 24.7 Å². The first-order valence-corrected chi connectivity index (χ1v) is 9.40. The topological polar surface area (TPSA) is 106 Å². The second-order valence-electron chi connectivity index (χ2n) is 6.92. The maximum Gasteiger partial charge on any atom is 1.00 e. The van der Waals surface area contributed by atoms with Crippen molar-refractivity contribution < 1.29 is 57.4 Å². The van der Waals surface area contributed by atoms with Crippen LogP contribution in [0.25, 0.3) is 0 Å². The maximum absolute atomic E-state index is 15.1. The van der Waals surface area contributed by atoms with Crippen LogP contribution in [0.2, 0.25) is 0 Å². The fraction of sp³-hybridized carbons (Fsp3) is 0.350. The van der Waals surface area contributed by atoms with Gasteiger partial charge in [0.1, 0.15) is 36.2 Å². The van der Waals surface area contributed by atoms with E-state index in [1.165, 1.54) is 31.2 Å². The molecule has 3 rings (SSSR count). The van der Waals surface area contributed by atoms with Crippen molar-refractivity contribution >= 4 is 5.97 Å². The van der Waals surface area contributed by atoms with Crippen LogP contribution in [0.3, 0.4) is 0 Å². The molecule has 2 aromatic heterocycles. The Morgan fingerprint density at radius 2 is 1.97 bits per heavy atom. The molecule has 0 radical (unpaired) electrons. The minimum atomic E-state index is -1.87. The van der Waals surface area contributed by atoms with Crippen LogP contribution in [0, 0.1) is 17.5 Å². The molecule has 1 aromatic carbocycles. The van der Waals surface area contributed by atoms with Gasteiger partial charge in [0.25, 0.3) is 0 Å². The van der Waals surface area contributed by atoms with Crippen molar-refractivity contribution in [1.29, 1.82) is 0 Å². The summed E-state index contributed by atoms with van der Waals surface area (Å²) < 4.78 is 50.6. The van der Waals surface area contributed by atoms with E-state index in [1.807, 2.05) is 0 Å². The van der Waals surface area contributed by atoms with E-state index in [9.17, 15) is 18.7 Å². The Balaban J connectivity index is 0.00000363. The molecule has 2 heterocycles. The number of hydrogen-bond donors (Lipinski definition) is 0. The number of benzene rings is 1. The standard InChI is InChI=1S/C20H20F3N5O3.Na/c1-3-17(19(29)30)31-20(8-28-11-25-10-27-28,14-5-4-13(21)6-15(14)22)12(2)18-16(23)7-24-9-26-18;/h4-7,9-12,17H,3,8H2,1-2H3,(H,29,30);/q;+1/p-1/t12-,17?,20+;/m0./s1. The zero-order valence-electron chi connectivity index (χ0n) is 17.7. The smallest absolute Gasteiger partial charge is 0.547 e. The Bertz CT molecular complexity index is 1060. The first-order chi connectivity index (χ1) is 14.8. The number of rotatable bonds is 9. The fourth-order valence-corrected chi connectivity index (χ4v) is 3.46. The number of aliphatic carboxylic acids is 1. The van der Waals surface area contributed by atoms with Gasteiger partial charge < -0.3 is 14.6 Å². The third kappa shape index (κ3) is 5.34. The molecule has 1 unspecified atom stereocenters. The number of carboxylic acid groups (broad SMARTS) is 1. The summed E-state index contributed by atoms with van der Waals surface area (Å²) >= 11 is 0. The molecular weight excluding hydrogens is 438 g/mol. The van der Waals surface area contributed by atoms with Crippen molar-refractivity contribution in [2.45, 2.75) is 44.4 Å². The van der Waals surface area contributed by atoms with Crippen molar-refractivity contribution in [3.05, 3.63) is 72.1 Å². The zero-order valence-corrected chi connectivity index (χ0v) is 19.7. The van der Waals surface area contributed by atoms with Gasteiger partial charge in [-0.15, -0.1) is 0 Å². The monoisotopic (exact) mass is 457 g/mol. The van der Waals surface area contributed by atoms with Gasteiger partial charge in [-0.25, -0.2) is 32.8 Å². The van der Waals surface area contributed by atoms with Crippen LogP contribution in [0.5, 0.6) is 0 Å². The van der Waals surface area contributed by atoms with Gasteiger partial charge in [-0.3, -0.25) is 0 Å². The SMILES string of the molecule is CCC(O[C@@](Cn1cncn1)(c1ccc(F)cc1F)[C@@H](C)c1ncncc1F)C(=O)[O-].[Na+]. The van der Waals surface area contributed by atoms with Crippen LogP contribution in [0.4, 0.5) is 13.2 Å². The van der Waals surface area contributed by atoms with Gasteiger partial charge in [0.15, 0.2) is 5.82 Å². The third-order valence-electron chi connectivity index (χ3n) is 5.04. The fourth-order valence-electron chi connectivity index (χ4n) is 3.46. The molecule has 32 heavy (non-hydrogen) atoms. The quantitative estimate of drug-likeness (QED) is 0.369. The Kier molecular flexibility index (Phi) is 8.90. The molecule has 0 bridgehead atoms. The molecular formula is C20H19F3N5NaO3. The molecule has 0 aliphatic rings. The van der Waals surface area contributed by atoms with Crippen molar-refractivity contribution in [3.63, 3.8) is 0 Å². The number of halogens is 3. The molecule has 0 amide bonds. The molecule has 164 valence electrons. The first kappa shape index (κ1) is 25.9. The molecule has 0 N–H and O–H groups in total. The summed E-state index contributed by atoms with van der Waals surface area (Å²) in [4.78, 5) is 23.1. The Labute approximate surface area is 204 Å². The van der Waals surface area contributed by atoms with Crippen molar-refractivity contribution in [3.8, 4) is 0 Å². The summed E-state index contributed by atoms with van der Waals surface area (Å²) in [6.45, 7) is 2.76. The van der Waals surface area contributed by atoms with E-state index in [4.69, 9.17) is 4.74 Å². The summed E-state index contributed by atoms with van der Waals surface area (Å²) in [6, 6.07) is 2.76. The molecule has 8 nitrogen and oxygen atoms in total. The summed E-state index contributed by atoms with van der Waals surface area (Å²) in [5, 5.41) is 15.7. The second kappa shape index (κ2) is 11.0. The Hall–Kier alpha value is -2.34. The first-order valence-electron chi connectivity index (χ1n) is 9.40. The number of carbonyl (C=O) groups is 1. The van der Waals surface area contributed by atoms with Crippen LogP contribution in [0.15, 0.2) is 43.4 Å². The molecule has 12 heteroatoms. The van der Waals surface area contributed by atoms with E-state index < -0.39 is 41.0 Å². The molecule has 3 aromatic rings. The van der Waals surface area contributed by atoms with Crippen LogP contribution < -0.4 is 34.7 Å². The van der Waals surface area contributed by atoms with E-state index in [0.717, 1.165) is 24.7 Å². The Morgan fingerprint density at radius 1 is 1.22 bits per heavy atom. The van der Waals surface area contributed by atoms with E-state index in [2.05, 4.69) is 20.1 Å². The molecule has 0 fully saturated rings. The number of carbonyl (C=O) groups excluding carboxylic acids is 1. The van der Waals surface area contributed by atoms with Gasteiger partial charge in [0, 0.05) is 17.5 Å². The summed E-state index contributed by atoms with van der Waals surface area (Å²) in [5.41, 5.74) is -2.22. The summed E-state index contributed by atoms with van der Waals surface area (Å²) in [5.74, 6) is -5.25. The van der Waals surface area contributed by atoms with Gasteiger partial charge in [-0.2, -0.15) is 5.10 Å². The molecule has 0 spiro atoms. The van der Waals surface area contributed by atoms with Crippen LogP contribution in [-0.2, 0) is 21.7 Å². The van der Waals surface area contributed by atoms with Gasteiger partial charge in [-0.05, 0) is 12.5 Å². The predicted molar refractivity (Wildman–Crippen MR) is 98.6 cm³/mol. The molecule has 0 saturated carbocycles. The van der Waals surface area contributed by atoms with Crippen LogP contribution in [0.1, 0.15) is 37.4 Å². The van der Waals surface area contributed by atoms with E-state index >= 15 is 4.39 Å². The number of hydrogen-bond acceptors (Lipinski definition) is 7. The van der Waals surface area contributed by atoms with Crippen LogP contribution in [-0.4, -0.2) is 36.8 Å². The number of nitrogens with zero attached hydrogens (tertiary/aromatic N) is 5. The molecule has 3 atom stereocenters. The van der Waals surface area contributed by atoms with E-state index in [0.29, 0.717) is 6.07 Å². The molecule has 0 aliphatic heterocycles. The van der Waals surface area contributed by atoms with Crippen molar-refractivity contribution in [2.75, 3.05) is 0 Å². The van der Waals surface area contributed by atoms with Gasteiger partial charge in [-0.1, -0.05) is 19.9 Å². The zero-order chi connectivity index (χ0) is 22.6. The average molecular weight is 457 g/mol. The number of carboxylic acids is 1. The molecule has 0 aliphatic carbocycles. The summed E-state index contributed by atoms with van der Waals surface area (Å²) in [6.07, 6.45) is 3.05. The van der Waals surface area contributed by atoms with Crippen LogP contribution >= 0.6 is 0 Å². The maximum atomic E-state index is 15.1. The van der Waals surface area contributed by atoms with E-state index in [-0.39, 0.29) is 53.8 Å². The average Bonchev–Trinajstić information content (AvgIpc) is 3.24. The minimum Gasteiger partial charge on any atom is -0.547 e. The van der Waals surface area contributed by atoms with Gasteiger partial charge in [0.05, 0.1) is 30.5 Å². The van der Waals surface area contributed by atoms with Crippen molar-refractivity contribution in [2.24, 2.45) is 0 Å². The Morgan fingerprint density at radius 3 is 2.53 bits per heavy atom. The minimum absolute atomic E-state index is 0. The van der Waals surface area contributed by atoms with Gasteiger partial charge in [0.2, 0.25) is 0 Å². The summed E-state index contributed by atoms with van der Waals surface area (Å²) in [7, 11) is 0. The predicted octanol–water partition coefficient (Wildman–Crippen LogP) is -1.27. The third-order valence-corrected chi connectivity index (χ3v) is 5.04. The van der Waals surface area contributed by atoms with E-state index in [1.54, 1.807) is 0 Å². The normalized spacial score (nSPS) is 14.8. The second-order valence-corrected chi connectivity index (χ2v) is 6.92. The largest absolute Gasteiger partial charge is 1.00 e. The molecule has 0 saturated heterocycles.